The number of nitrogens with one attached hydrogen (secondary N) is 1. The van der Waals surface area contributed by atoms with Crippen molar-refractivity contribution in [2.75, 3.05) is 0 Å². The van der Waals surface area contributed by atoms with Crippen molar-refractivity contribution in [3.8, 4) is 0 Å². The highest BCUT2D eigenvalue weighted by atomic mass is 35.5. The number of carbonyl (C=O) groups excluding carboxylic acids is 1. The van der Waals surface area contributed by atoms with Gasteiger partial charge in [0.1, 0.15) is 5.01 Å². The Morgan fingerprint density at radius 3 is 2.69 bits per heavy atom. The molecule has 0 unspecified atom stereocenters. The molecular formula is C9H17Cl2N3OS. The number of aryl methyl sites for hydroxylation is 1. The van der Waals surface area contributed by atoms with Gasteiger partial charge < -0.3 is 11.1 Å². The van der Waals surface area contributed by atoms with Gasteiger partial charge in [0.15, 0.2) is 0 Å². The van der Waals surface area contributed by atoms with Crippen molar-refractivity contribution in [1.29, 1.82) is 0 Å². The van der Waals surface area contributed by atoms with Crippen molar-refractivity contribution in [3.05, 3.63) is 16.1 Å². The van der Waals surface area contributed by atoms with Gasteiger partial charge in [-0.1, -0.05) is 6.92 Å². The summed E-state index contributed by atoms with van der Waals surface area (Å²) in [5.41, 5.74) is 6.54. The van der Waals surface area contributed by atoms with E-state index < -0.39 is 6.04 Å². The molecular weight excluding hydrogens is 269 g/mol. The molecule has 4 nitrogen and oxygen atoms in total. The van der Waals surface area contributed by atoms with Crippen LogP contribution in [0, 0.1) is 6.92 Å². The zero-order chi connectivity index (χ0) is 10.6. The first kappa shape index (κ1) is 18.0. The highest BCUT2D eigenvalue weighted by molar-refractivity contribution is 7.09. The maximum atomic E-state index is 11.3. The lowest BCUT2D eigenvalue weighted by molar-refractivity contribution is -0.122. The van der Waals surface area contributed by atoms with Gasteiger partial charge in [-0.3, -0.25) is 4.79 Å². The summed E-state index contributed by atoms with van der Waals surface area (Å²) in [7, 11) is 0. The Labute approximate surface area is 112 Å². The molecule has 0 fully saturated rings. The Morgan fingerprint density at radius 1 is 1.62 bits per heavy atom. The van der Waals surface area contributed by atoms with E-state index in [1.165, 1.54) is 0 Å². The molecule has 1 atom stereocenters. The molecule has 0 aliphatic carbocycles. The van der Waals surface area contributed by atoms with Crippen LogP contribution in [0.1, 0.15) is 24.0 Å². The van der Waals surface area contributed by atoms with Crippen molar-refractivity contribution < 1.29 is 4.79 Å². The standard InChI is InChI=1S/C9H15N3OS.2ClH/c1-3-7(10)9(13)11-4-8-12-6(2)5-14-8;;/h5,7H,3-4,10H2,1-2H3,(H,11,13);2*1H/t7-;;/m0../s1. The fourth-order valence-electron chi connectivity index (χ4n) is 0.963. The molecule has 0 spiro atoms. The Hall–Kier alpha value is -0.360. The Kier molecular flexibility index (Phi) is 9.86. The molecule has 0 radical (unpaired) electrons. The van der Waals surface area contributed by atoms with Crippen LogP contribution in [0.15, 0.2) is 5.38 Å². The molecule has 1 aromatic heterocycles. The third-order valence-corrected chi connectivity index (χ3v) is 2.82. The molecule has 1 rings (SSSR count). The quantitative estimate of drug-likeness (QED) is 0.884. The van der Waals surface area contributed by atoms with Crippen LogP contribution in [0.5, 0.6) is 0 Å². The van der Waals surface area contributed by atoms with Gasteiger partial charge in [-0.05, 0) is 13.3 Å². The van der Waals surface area contributed by atoms with E-state index in [1.54, 1.807) is 11.3 Å². The normalized spacial score (nSPS) is 10.9. The summed E-state index contributed by atoms with van der Waals surface area (Å²) in [5.74, 6) is -0.111. The second-order valence-electron chi connectivity index (χ2n) is 3.12. The number of rotatable bonds is 4. The fourth-order valence-corrected chi connectivity index (χ4v) is 1.67. The molecule has 1 amide bonds. The first-order chi connectivity index (χ1) is 6.63. The van der Waals surface area contributed by atoms with E-state index >= 15 is 0 Å². The minimum Gasteiger partial charge on any atom is -0.348 e. The summed E-state index contributed by atoms with van der Waals surface area (Å²) >= 11 is 1.54. The van der Waals surface area contributed by atoms with E-state index in [0.717, 1.165) is 10.7 Å². The average Bonchev–Trinajstić information content (AvgIpc) is 2.59. The SMILES string of the molecule is CC[C@H](N)C(=O)NCc1nc(C)cs1.Cl.Cl. The molecule has 3 N–H and O–H groups in total. The van der Waals surface area contributed by atoms with Crippen molar-refractivity contribution in [1.82, 2.24) is 10.3 Å². The van der Waals surface area contributed by atoms with Crippen molar-refractivity contribution in [3.63, 3.8) is 0 Å². The van der Waals surface area contributed by atoms with Gasteiger partial charge in [-0.15, -0.1) is 36.2 Å². The third-order valence-electron chi connectivity index (χ3n) is 1.86. The van der Waals surface area contributed by atoms with Crippen molar-refractivity contribution in [2.24, 2.45) is 5.73 Å². The molecule has 0 bridgehead atoms. The van der Waals surface area contributed by atoms with Gasteiger partial charge in [-0.2, -0.15) is 0 Å². The summed E-state index contributed by atoms with van der Waals surface area (Å²) in [4.78, 5) is 15.5. The molecule has 16 heavy (non-hydrogen) atoms. The van der Waals surface area contributed by atoms with Gasteiger partial charge in [0.05, 0.1) is 12.6 Å². The van der Waals surface area contributed by atoms with E-state index in [9.17, 15) is 4.79 Å². The molecule has 0 aliphatic rings. The second kappa shape index (κ2) is 8.75. The first-order valence-electron chi connectivity index (χ1n) is 4.57. The minimum absolute atomic E-state index is 0. The molecule has 0 saturated heterocycles. The Morgan fingerprint density at radius 2 is 2.25 bits per heavy atom. The zero-order valence-corrected chi connectivity index (χ0v) is 11.7. The molecule has 0 aliphatic heterocycles. The number of halogens is 2. The molecule has 1 heterocycles. The van der Waals surface area contributed by atoms with Crippen molar-refractivity contribution in [2.45, 2.75) is 32.9 Å². The molecule has 94 valence electrons. The second-order valence-corrected chi connectivity index (χ2v) is 4.06. The fraction of sp³-hybridized carbons (Fsp3) is 0.556. The molecule has 7 heteroatoms. The summed E-state index contributed by atoms with van der Waals surface area (Å²) < 4.78 is 0. The third kappa shape index (κ3) is 5.65. The molecule has 1 aromatic rings. The molecule has 0 saturated carbocycles. The number of amides is 1. The van der Waals surface area contributed by atoms with Crippen LogP contribution in [0.25, 0.3) is 0 Å². The number of thiazole rings is 1. The number of hydrogen-bond donors (Lipinski definition) is 2. The largest absolute Gasteiger partial charge is 0.348 e. The van der Waals surface area contributed by atoms with Crippen LogP contribution >= 0.6 is 36.2 Å². The highest BCUT2D eigenvalue weighted by Crippen LogP contribution is 2.07. The van der Waals surface area contributed by atoms with Gasteiger partial charge in [0, 0.05) is 11.1 Å². The van der Waals surface area contributed by atoms with E-state index in [0.29, 0.717) is 13.0 Å². The van der Waals surface area contributed by atoms with E-state index in [2.05, 4.69) is 10.3 Å². The number of nitrogens with zero attached hydrogens (tertiary/aromatic N) is 1. The molecule has 0 aromatic carbocycles. The van der Waals surface area contributed by atoms with E-state index in [4.69, 9.17) is 5.73 Å². The number of aromatic nitrogens is 1. The van der Waals surface area contributed by atoms with Gasteiger partial charge in [0.2, 0.25) is 5.91 Å². The van der Waals surface area contributed by atoms with E-state index in [-0.39, 0.29) is 30.7 Å². The topological polar surface area (TPSA) is 68.0 Å². The number of carbonyl (C=O) groups is 1. The Balaban J connectivity index is 0. The Bertz CT molecular complexity index is 319. The average molecular weight is 286 g/mol. The lowest BCUT2D eigenvalue weighted by atomic mass is 10.2. The minimum atomic E-state index is -0.406. The maximum Gasteiger partial charge on any atom is 0.237 e. The van der Waals surface area contributed by atoms with E-state index in [1.807, 2.05) is 19.2 Å². The number of hydrogen-bond acceptors (Lipinski definition) is 4. The lowest BCUT2D eigenvalue weighted by Crippen LogP contribution is -2.39. The maximum absolute atomic E-state index is 11.3. The zero-order valence-electron chi connectivity index (χ0n) is 9.23. The predicted octanol–water partition coefficient (Wildman–Crippen LogP) is 1.65. The monoisotopic (exact) mass is 285 g/mol. The lowest BCUT2D eigenvalue weighted by Gasteiger charge is -2.08. The first-order valence-corrected chi connectivity index (χ1v) is 5.45. The number of nitrogens with two attached hydrogens (primary N) is 1. The summed E-state index contributed by atoms with van der Waals surface area (Å²) in [6, 6.07) is -0.406. The van der Waals surface area contributed by atoms with Crippen LogP contribution in [0.4, 0.5) is 0 Å². The van der Waals surface area contributed by atoms with Gasteiger partial charge in [0.25, 0.3) is 0 Å². The smallest absolute Gasteiger partial charge is 0.237 e. The predicted molar refractivity (Wildman–Crippen MR) is 71.5 cm³/mol. The van der Waals surface area contributed by atoms with Crippen LogP contribution < -0.4 is 11.1 Å². The van der Waals surface area contributed by atoms with Crippen molar-refractivity contribution >= 4 is 42.1 Å². The van der Waals surface area contributed by atoms with Crippen LogP contribution in [0.2, 0.25) is 0 Å². The summed E-state index contributed by atoms with van der Waals surface area (Å²) in [5, 5.41) is 5.62. The summed E-state index contributed by atoms with van der Waals surface area (Å²) in [6.45, 7) is 4.29. The van der Waals surface area contributed by atoms with Crippen LogP contribution in [-0.2, 0) is 11.3 Å². The summed E-state index contributed by atoms with van der Waals surface area (Å²) in [6.07, 6.45) is 0.655. The van der Waals surface area contributed by atoms with Gasteiger partial charge in [-0.25, -0.2) is 4.98 Å². The van der Waals surface area contributed by atoms with Crippen LogP contribution in [0.3, 0.4) is 0 Å². The highest BCUT2D eigenvalue weighted by Gasteiger charge is 2.10. The van der Waals surface area contributed by atoms with Crippen LogP contribution in [-0.4, -0.2) is 16.9 Å². The van der Waals surface area contributed by atoms with Gasteiger partial charge >= 0.3 is 0 Å².